The van der Waals surface area contributed by atoms with Gasteiger partial charge in [0, 0.05) is 41.1 Å². The van der Waals surface area contributed by atoms with Crippen LogP contribution in [0.2, 0.25) is 0 Å². The lowest BCUT2D eigenvalue weighted by molar-refractivity contribution is 0.573. The van der Waals surface area contributed by atoms with E-state index in [1.165, 1.54) is 19.3 Å². The van der Waals surface area contributed by atoms with E-state index in [-0.39, 0.29) is 0 Å². The lowest BCUT2D eigenvalue weighted by Crippen LogP contribution is -2.29. The number of hydrogen-bond donors (Lipinski definition) is 3. The van der Waals surface area contributed by atoms with Crippen molar-refractivity contribution in [3.63, 3.8) is 0 Å². The number of anilines is 5. The number of H-pyrrole nitrogens is 1. The van der Waals surface area contributed by atoms with Gasteiger partial charge < -0.3 is 20.5 Å². The van der Waals surface area contributed by atoms with E-state index in [0.717, 1.165) is 69.3 Å². The van der Waals surface area contributed by atoms with Crippen LogP contribution in [-0.2, 0) is 0 Å². The highest BCUT2D eigenvalue weighted by molar-refractivity contribution is 6.10. The minimum atomic E-state index is 0.892. The molecule has 7 nitrogen and oxygen atoms in total. The van der Waals surface area contributed by atoms with Crippen LogP contribution in [0, 0.1) is 6.92 Å². The maximum Gasteiger partial charge on any atom is 0.128 e. The summed E-state index contributed by atoms with van der Waals surface area (Å²) in [7, 11) is 0. The molecule has 1 aliphatic rings. The quantitative estimate of drug-likeness (QED) is 0.292. The fourth-order valence-corrected chi connectivity index (χ4v) is 4.74. The molecule has 7 heteroatoms. The molecule has 170 valence electrons. The summed E-state index contributed by atoms with van der Waals surface area (Å²) in [6, 6.07) is 18.7. The molecule has 0 saturated carbocycles. The first kappa shape index (κ1) is 20.5. The van der Waals surface area contributed by atoms with Crippen molar-refractivity contribution < 1.29 is 0 Å². The van der Waals surface area contributed by atoms with Crippen LogP contribution in [0.4, 0.5) is 28.6 Å². The van der Waals surface area contributed by atoms with E-state index in [1.807, 2.05) is 18.3 Å². The lowest BCUT2D eigenvalue weighted by Gasteiger charge is -2.27. The fourth-order valence-electron chi connectivity index (χ4n) is 4.74. The number of rotatable bonds is 5. The van der Waals surface area contributed by atoms with Crippen LogP contribution < -0.4 is 15.5 Å². The first-order valence-electron chi connectivity index (χ1n) is 11.8. The van der Waals surface area contributed by atoms with Crippen LogP contribution in [0.25, 0.3) is 21.9 Å². The van der Waals surface area contributed by atoms with Gasteiger partial charge in [-0.15, -0.1) is 0 Å². The number of benzene rings is 2. The highest BCUT2D eigenvalue weighted by Crippen LogP contribution is 2.32. The zero-order chi connectivity index (χ0) is 22.9. The molecule has 3 aromatic heterocycles. The molecule has 1 aliphatic heterocycles. The molecule has 0 radical (unpaired) electrons. The third kappa shape index (κ3) is 4.01. The van der Waals surface area contributed by atoms with E-state index in [9.17, 15) is 0 Å². The van der Waals surface area contributed by atoms with Crippen LogP contribution in [0.5, 0.6) is 0 Å². The summed E-state index contributed by atoms with van der Waals surface area (Å²) in [6.07, 6.45) is 7.35. The van der Waals surface area contributed by atoms with Gasteiger partial charge >= 0.3 is 0 Å². The van der Waals surface area contributed by atoms with Gasteiger partial charge in [-0.1, -0.05) is 6.07 Å². The van der Waals surface area contributed by atoms with Gasteiger partial charge in [-0.25, -0.2) is 15.0 Å². The van der Waals surface area contributed by atoms with Crippen molar-refractivity contribution in [3.8, 4) is 0 Å². The molecule has 34 heavy (non-hydrogen) atoms. The van der Waals surface area contributed by atoms with Crippen molar-refractivity contribution in [1.29, 1.82) is 0 Å². The smallest absolute Gasteiger partial charge is 0.128 e. The summed E-state index contributed by atoms with van der Waals surface area (Å²) in [4.78, 5) is 19.4. The van der Waals surface area contributed by atoms with Gasteiger partial charge in [0.1, 0.15) is 17.7 Å². The molecule has 3 N–H and O–H groups in total. The number of aromatic nitrogens is 4. The molecule has 4 heterocycles. The minimum absolute atomic E-state index is 0.892. The van der Waals surface area contributed by atoms with Gasteiger partial charge in [0.15, 0.2) is 0 Å². The molecule has 0 spiro atoms. The summed E-state index contributed by atoms with van der Waals surface area (Å²) >= 11 is 0. The predicted molar refractivity (Wildman–Crippen MR) is 139 cm³/mol. The average Bonchev–Trinajstić information content (AvgIpc) is 3.34. The Kier molecular flexibility index (Phi) is 5.22. The first-order valence-corrected chi connectivity index (χ1v) is 11.8. The van der Waals surface area contributed by atoms with Crippen molar-refractivity contribution in [2.75, 3.05) is 28.6 Å². The Morgan fingerprint density at radius 1 is 0.824 bits per heavy atom. The average molecular weight is 450 g/mol. The molecule has 5 aromatic rings. The Hall–Kier alpha value is -4.13. The molecule has 2 aromatic carbocycles. The van der Waals surface area contributed by atoms with E-state index >= 15 is 0 Å². The lowest BCUT2D eigenvalue weighted by atomic mass is 10.1. The topological polar surface area (TPSA) is 81.8 Å². The van der Waals surface area contributed by atoms with Gasteiger partial charge in [-0.2, -0.15) is 0 Å². The van der Waals surface area contributed by atoms with E-state index < -0.39 is 0 Å². The second-order valence-electron chi connectivity index (χ2n) is 8.88. The number of nitrogens with zero attached hydrogens (tertiary/aromatic N) is 4. The number of pyridine rings is 2. The summed E-state index contributed by atoms with van der Waals surface area (Å²) in [5.41, 5.74) is 7.86. The summed E-state index contributed by atoms with van der Waals surface area (Å²) in [5, 5.41) is 8.12. The second-order valence-corrected chi connectivity index (χ2v) is 8.88. The number of fused-ring (bicyclic) bond motifs is 3. The van der Waals surface area contributed by atoms with Gasteiger partial charge in [-0.05, 0) is 74.7 Å². The maximum absolute atomic E-state index is 4.69. The molecule has 1 saturated heterocycles. The van der Waals surface area contributed by atoms with E-state index in [2.05, 4.69) is 84.9 Å². The van der Waals surface area contributed by atoms with Crippen molar-refractivity contribution in [1.82, 2.24) is 19.9 Å². The maximum atomic E-state index is 4.69. The number of aromatic amines is 1. The van der Waals surface area contributed by atoms with Crippen LogP contribution in [0.1, 0.15) is 25.0 Å². The first-order chi connectivity index (χ1) is 16.7. The normalized spacial score (nSPS) is 14.0. The standard InChI is InChI=1S/C27H27N7/c1-18-14-24(26-22(31-18)9-10-23-27(26)30-17-29-23)33-20-7-5-6-19(15-20)32-21-8-11-25(28-16-21)34-12-3-2-4-13-34/h5-11,14-17,31-33H,2-4,12-13H2,1H3. The van der Waals surface area contributed by atoms with E-state index in [4.69, 9.17) is 0 Å². The van der Waals surface area contributed by atoms with Crippen molar-refractivity contribution in [2.24, 2.45) is 0 Å². The molecule has 0 unspecified atom stereocenters. The highest BCUT2D eigenvalue weighted by atomic mass is 15.2. The SMILES string of the molecule is Cc1cc(Nc2cccc(Nc3ccc(N4CCCCC4)nc3)c2)c2c(ccc3ncnc32)[nH]1. The predicted octanol–water partition coefficient (Wildman–Crippen LogP) is 6.29. The third-order valence-electron chi connectivity index (χ3n) is 6.36. The summed E-state index contributed by atoms with van der Waals surface area (Å²) < 4.78 is 0. The third-order valence-corrected chi connectivity index (χ3v) is 6.36. The minimum Gasteiger partial charge on any atom is -0.358 e. The number of piperidine rings is 1. The highest BCUT2D eigenvalue weighted by Gasteiger charge is 2.12. The van der Waals surface area contributed by atoms with Crippen molar-refractivity contribution in [3.05, 3.63) is 72.8 Å². The van der Waals surface area contributed by atoms with E-state index in [1.54, 1.807) is 6.33 Å². The van der Waals surface area contributed by atoms with Crippen LogP contribution in [0.3, 0.4) is 0 Å². The van der Waals surface area contributed by atoms with Gasteiger partial charge in [0.2, 0.25) is 0 Å². The van der Waals surface area contributed by atoms with Crippen molar-refractivity contribution in [2.45, 2.75) is 26.2 Å². The molecule has 0 bridgehead atoms. The van der Waals surface area contributed by atoms with E-state index in [0.29, 0.717) is 0 Å². The molecular formula is C27H27N7. The molecule has 1 fully saturated rings. The Bertz CT molecular complexity index is 1450. The zero-order valence-corrected chi connectivity index (χ0v) is 19.2. The summed E-state index contributed by atoms with van der Waals surface area (Å²) in [5.74, 6) is 1.06. The molecular weight excluding hydrogens is 422 g/mol. The van der Waals surface area contributed by atoms with Crippen molar-refractivity contribution >= 4 is 50.5 Å². The molecule has 0 aliphatic carbocycles. The molecule has 6 rings (SSSR count). The number of imidazole rings is 1. The second kappa shape index (κ2) is 8.67. The Labute approximate surface area is 198 Å². The number of aryl methyl sites for hydroxylation is 1. The number of nitrogens with one attached hydrogen (secondary N) is 3. The largest absolute Gasteiger partial charge is 0.358 e. The Morgan fingerprint density at radius 2 is 1.68 bits per heavy atom. The summed E-state index contributed by atoms with van der Waals surface area (Å²) in [6.45, 7) is 4.26. The van der Waals surface area contributed by atoms with Crippen LogP contribution in [-0.4, -0.2) is 33.0 Å². The Morgan fingerprint density at radius 3 is 2.50 bits per heavy atom. The van der Waals surface area contributed by atoms with Gasteiger partial charge in [0.05, 0.1) is 23.1 Å². The monoisotopic (exact) mass is 449 g/mol. The molecule has 0 amide bonds. The fraction of sp³-hybridized carbons (Fsp3) is 0.222. The van der Waals surface area contributed by atoms with Gasteiger partial charge in [0.25, 0.3) is 0 Å². The van der Waals surface area contributed by atoms with Crippen LogP contribution in [0.15, 0.2) is 67.1 Å². The number of hydrogen-bond acceptors (Lipinski definition) is 6. The Balaban J connectivity index is 1.25. The van der Waals surface area contributed by atoms with Crippen LogP contribution >= 0.6 is 0 Å². The zero-order valence-electron chi connectivity index (χ0n) is 19.2. The molecule has 0 atom stereocenters. The van der Waals surface area contributed by atoms with Gasteiger partial charge in [-0.3, -0.25) is 0 Å².